The van der Waals surface area contributed by atoms with Crippen molar-refractivity contribution in [2.24, 2.45) is 23.7 Å². The predicted molar refractivity (Wildman–Crippen MR) is 238 cm³/mol. The van der Waals surface area contributed by atoms with Gasteiger partial charge in [-0.2, -0.15) is 26.3 Å². The second kappa shape index (κ2) is 24.6. The number of alkyl halides is 6. The summed E-state index contributed by atoms with van der Waals surface area (Å²) in [6, 6.07) is 0.335. The average Bonchev–Trinajstić information content (AvgIpc) is 3.27. The standard InChI is InChI=1S/C48H68F6N6O9/c1-46(2,3)69-45(67)58-35-23-13-9-19-31(35)43(65)60-37(47(49,50)51)25-39(61)55-33-21-11-7-17-29(33)41(63)57-34-22-12-8-18-30(34)42(64)59-38(48(52,53)54)26-40(62)56-36-24-14-10-20-32(36)44(66)68-27-28-15-5-4-6-16-28/h4-6,15-16,29-38H,7-14,17-27H2,1-3H3,(H,55,61)(H,56,62)(H,57,63)(H,58,67)(H,59,64)(H,60,65)/t29-,30-,31-,32-,33-,34-,35-,36-,37+,38+/m0/s1. The van der Waals surface area contributed by atoms with Crippen LogP contribution in [0.15, 0.2) is 30.3 Å². The van der Waals surface area contributed by atoms with Crippen molar-refractivity contribution in [3.05, 3.63) is 35.9 Å². The highest BCUT2D eigenvalue weighted by molar-refractivity contribution is 5.86. The molecule has 4 aliphatic rings. The van der Waals surface area contributed by atoms with E-state index in [1.54, 1.807) is 51.1 Å². The molecule has 0 unspecified atom stereocenters. The molecule has 6 N–H and O–H groups in total. The van der Waals surface area contributed by atoms with Gasteiger partial charge in [0, 0.05) is 24.2 Å². The third-order valence-electron chi connectivity index (χ3n) is 13.5. The van der Waals surface area contributed by atoms with Crippen LogP contribution >= 0.6 is 0 Å². The summed E-state index contributed by atoms with van der Waals surface area (Å²) in [5.41, 5.74) is -0.105. The van der Waals surface area contributed by atoms with Crippen LogP contribution in [0.2, 0.25) is 0 Å². The van der Waals surface area contributed by atoms with Crippen molar-refractivity contribution < 1.29 is 69.4 Å². The molecule has 0 radical (unpaired) electrons. The second-order valence-corrected chi connectivity index (χ2v) is 20.0. The minimum absolute atomic E-state index is 0.00499. The van der Waals surface area contributed by atoms with Crippen LogP contribution in [0.5, 0.6) is 0 Å². The van der Waals surface area contributed by atoms with Crippen LogP contribution in [0.25, 0.3) is 0 Å². The van der Waals surface area contributed by atoms with Crippen LogP contribution in [0.1, 0.15) is 142 Å². The molecule has 4 saturated carbocycles. The van der Waals surface area contributed by atoms with Crippen molar-refractivity contribution >= 4 is 41.6 Å². The Hall–Kier alpha value is -5.11. The van der Waals surface area contributed by atoms with Crippen molar-refractivity contribution in [2.45, 2.75) is 197 Å². The molecule has 386 valence electrons. The molecule has 6 amide bonds. The minimum atomic E-state index is -5.04. The number of carbonyl (C=O) groups is 7. The maximum atomic E-state index is 14.5. The lowest BCUT2D eigenvalue weighted by Gasteiger charge is -2.36. The summed E-state index contributed by atoms with van der Waals surface area (Å²) in [7, 11) is 0. The van der Waals surface area contributed by atoms with Gasteiger partial charge in [0.1, 0.15) is 24.3 Å². The topological polar surface area (TPSA) is 210 Å². The second-order valence-electron chi connectivity index (χ2n) is 20.0. The Labute approximate surface area is 398 Å². The number of carbonyl (C=O) groups excluding carboxylic acids is 7. The van der Waals surface area contributed by atoms with E-state index in [4.69, 9.17) is 9.47 Å². The van der Waals surface area contributed by atoms with Gasteiger partial charge in [-0.05, 0) is 77.7 Å². The highest BCUT2D eigenvalue weighted by atomic mass is 19.4. The third kappa shape index (κ3) is 17.1. The lowest BCUT2D eigenvalue weighted by atomic mass is 9.81. The first-order valence-electron chi connectivity index (χ1n) is 24.3. The van der Waals surface area contributed by atoms with Crippen molar-refractivity contribution in [3.8, 4) is 0 Å². The highest BCUT2D eigenvalue weighted by Crippen LogP contribution is 2.33. The van der Waals surface area contributed by atoms with E-state index < -0.39 is 132 Å². The number of alkyl carbamates (subject to hydrolysis) is 1. The molecule has 10 atom stereocenters. The Kier molecular flexibility index (Phi) is 19.6. The van der Waals surface area contributed by atoms with Gasteiger partial charge in [-0.3, -0.25) is 28.8 Å². The summed E-state index contributed by atoms with van der Waals surface area (Å²) in [4.78, 5) is 92.8. The Balaban J connectivity index is 1.16. The Bertz CT molecular complexity index is 1930. The predicted octanol–water partition coefficient (Wildman–Crippen LogP) is 6.71. The van der Waals surface area contributed by atoms with Crippen molar-refractivity contribution in [1.82, 2.24) is 31.9 Å². The van der Waals surface area contributed by atoms with E-state index in [0.29, 0.717) is 70.6 Å². The van der Waals surface area contributed by atoms with Gasteiger partial charge in [0.2, 0.25) is 29.5 Å². The maximum absolute atomic E-state index is 14.5. The molecule has 5 rings (SSSR count). The van der Waals surface area contributed by atoms with Crippen molar-refractivity contribution in [1.29, 1.82) is 0 Å². The van der Waals surface area contributed by atoms with E-state index in [-0.39, 0.29) is 38.7 Å². The Morgan fingerprint density at radius 1 is 0.522 bits per heavy atom. The SMILES string of the molecule is CC(C)(C)OC(=O)N[C@H]1CCCC[C@@H]1C(=O)N[C@H](CC(=O)N[C@H]1CCCC[C@@H]1C(=O)N[C@H]1CCCC[C@@H]1C(=O)N[C@H](CC(=O)N[C@H]1CCCC[C@@H]1C(=O)OCc1ccccc1)C(F)(F)F)C(F)(F)F. The van der Waals surface area contributed by atoms with Gasteiger partial charge in [0.05, 0.1) is 36.5 Å². The molecular weight excluding hydrogens is 919 g/mol. The molecule has 21 heteroatoms. The molecule has 4 aliphatic carbocycles. The molecule has 0 aromatic heterocycles. The van der Waals surface area contributed by atoms with Crippen LogP contribution in [-0.4, -0.2) is 95.8 Å². The third-order valence-corrected chi connectivity index (χ3v) is 13.5. The van der Waals surface area contributed by atoms with Crippen LogP contribution in [0, 0.1) is 23.7 Å². The number of benzene rings is 1. The number of amides is 6. The monoisotopic (exact) mass is 986 g/mol. The first kappa shape index (κ1) is 54.8. The average molecular weight is 987 g/mol. The number of halogens is 6. The molecule has 69 heavy (non-hydrogen) atoms. The van der Waals surface area contributed by atoms with E-state index >= 15 is 0 Å². The smallest absolute Gasteiger partial charge is 0.409 e. The van der Waals surface area contributed by atoms with Gasteiger partial charge in [-0.1, -0.05) is 81.7 Å². The van der Waals surface area contributed by atoms with Gasteiger partial charge in [-0.25, -0.2) is 4.79 Å². The zero-order valence-electron chi connectivity index (χ0n) is 39.5. The quantitative estimate of drug-likeness (QED) is 0.0767. The molecule has 0 saturated heterocycles. The van der Waals surface area contributed by atoms with Crippen LogP contribution in [0.3, 0.4) is 0 Å². The number of hydrogen-bond acceptors (Lipinski definition) is 9. The van der Waals surface area contributed by atoms with Gasteiger partial charge in [-0.15, -0.1) is 0 Å². The maximum Gasteiger partial charge on any atom is 0.409 e. The number of rotatable bonds is 16. The molecule has 1 aromatic carbocycles. The van der Waals surface area contributed by atoms with E-state index in [1.807, 2.05) is 10.6 Å². The number of nitrogens with one attached hydrogen (secondary N) is 6. The fraction of sp³-hybridized carbons (Fsp3) is 0.729. The molecule has 0 heterocycles. The lowest BCUT2D eigenvalue weighted by molar-refractivity contribution is -0.168. The van der Waals surface area contributed by atoms with E-state index in [9.17, 15) is 59.9 Å². The van der Waals surface area contributed by atoms with E-state index in [1.165, 1.54) is 0 Å². The largest absolute Gasteiger partial charge is 0.461 e. The lowest BCUT2D eigenvalue weighted by Crippen LogP contribution is -2.57. The first-order valence-corrected chi connectivity index (χ1v) is 24.3. The summed E-state index contributed by atoms with van der Waals surface area (Å²) in [5.74, 6) is -9.14. The van der Waals surface area contributed by atoms with E-state index in [0.717, 1.165) is 5.56 Å². The number of ether oxygens (including phenoxy) is 2. The molecule has 4 fully saturated rings. The summed E-state index contributed by atoms with van der Waals surface area (Å²) in [5, 5.41) is 14.5. The molecule has 15 nitrogen and oxygen atoms in total. The minimum Gasteiger partial charge on any atom is -0.461 e. The summed E-state index contributed by atoms with van der Waals surface area (Å²) in [6.07, 6.45) is -6.67. The molecule has 0 bridgehead atoms. The zero-order chi connectivity index (χ0) is 50.5. The van der Waals surface area contributed by atoms with Gasteiger partial charge in [0.25, 0.3) is 0 Å². The molecular formula is C48H68F6N6O9. The normalized spacial score (nSPS) is 26.4. The van der Waals surface area contributed by atoms with Crippen LogP contribution in [-0.2, 0) is 44.8 Å². The fourth-order valence-corrected chi connectivity index (χ4v) is 9.98. The summed E-state index contributed by atoms with van der Waals surface area (Å²) >= 11 is 0. The van der Waals surface area contributed by atoms with Crippen molar-refractivity contribution in [2.75, 3.05) is 0 Å². The van der Waals surface area contributed by atoms with Crippen LogP contribution < -0.4 is 31.9 Å². The highest BCUT2D eigenvalue weighted by Gasteiger charge is 2.47. The van der Waals surface area contributed by atoms with Gasteiger partial charge in [0.15, 0.2) is 0 Å². The molecule has 0 spiro atoms. The zero-order valence-corrected chi connectivity index (χ0v) is 39.5. The number of esters is 1. The fourth-order valence-electron chi connectivity index (χ4n) is 9.98. The Morgan fingerprint density at radius 3 is 1.33 bits per heavy atom. The number of hydrogen-bond donors (Lipinski definition) is 6. The summed E-state index contributed by atoms with van der Waals surface area (Å²) in [6.45, 7) is 4.92. The summed E-state index contributed by atoms with van der Waals surface area (Å²) < 4.78 is 97.3. The van der Waals surface area contributed by atoms with Gasteiger partial charge < -0.3 is 41.4 Å². The van der Waals surface area contributed by atoms with Gasteiger partial charge >= 0.3 is 24.4 Å². The van der Waals surface area contributed by atoms with E-state index in [2.05, 4.69) is 21.3 Å². The molecule has 0 aliphatic heterocycles. The Morgan fingerprint density at radius 2 is 0.899 bits per heavy atom. The molecule has 1 aromatic rings. The van der Waals surface area contributed by atoms with Crippen LogP contribution in [0.4, 0.5) is 31.1 Å². The first-order chi connectivity index (χ1) is 32.5. The van der Waals surface area contributed by atoms with Crippen molar-refractivity contribution in [3.63, 3.8) is 0 Å².